The van der Waals surface area contributed by atoms with E-state index in [1.165, 1.54) is 12.4 Å². The highest BCUT2D eigenvalue weighted by molar-refractivity contribution is 6.02. The maximum absolute atomic E-state index is 14.5. The van der Waals surface area contributed by atoms with E-state index in [0.717, 1.165) is 18.2 Å². The number of alkyl halides is 4. The fourth-order valence-electron chi connectivity index (χ4n) is 2.94. The lowest BCUT2D eigenvalue weighted by Crippen LogP contribution is -2.48. The van der Waals surface area contributed by atoms with Gasteiger partial charge in [-0.05, 0) is 25.1 Å². The standard InChI is InChI=1S/C18H16F5N5O2/c1-9-6-26-13(7-25-9)15(29)27-10-2-3-12(20)11(4-10)17(8-19)5-14(18(21,22)23)28-16(24)30-17/h2-4,6-7,14H,5,8H2,1H3,(H2,24,28)(H,27,29)/t14-,17+/m0/s1. The van der Waals surface area contributed by atoms with E-state index in [4.69, 9.17) is 10.5 Å². The van der Waals surface area contributed by atoms with Crippen LogP contribution >= 0.6 is 0 Å². The van der Waals surface area contributed by atoms with Crippen LogP contribution in [0.2, 0.25) is 0 Å². The van der Waals surface area contributed by atoms with Gasteiger partial charge in [-0.3, -0.25) is 9.78 Å². The molecule has 2 atom stereocenters. The van der Waals surface area contributed by atoms with E-state index in [1.807, 2.05) is 0 Å². The molecule has 12 heteroatoms. The summed E-state index contributed by atoms with van der Waals surface area (Å²) < 4.78 is 73.0. The number of aliphatic imine (C=N–C) groups is 1. The predicted octanol–water partition coefficient (Wildman–Crippen LogP) is 3.01. The molecule has 1 aliphatic heterocycles. The summed E-state index contributed by atoms with van der Waals surface area (Å²) in [7, 11) is 0. The molecular formula is C18H16F5N5O2. The molecule has 0 radical (unpaired) electrons. The third-order valence-electron chi connectivity index (χ3n) is 4.43. The van der Waals surface area contributed by atoms with Gasteiger partial charge in [-0.15, -0.1) is 0 Å². The number of ether oxygens (including phenoxy) is 1. The molecule has 1 amide bonds. The maximum atomic E-state index is 14.5. The molecule has 0 unspecified atom stereocenters. The number of amidine groups is 1. The highest BCUT2D eigenvalue weighted by Gasteiger charge is 2.52. The molecule has 0 saturated carbocycles. The minimum Gasteiger partial charge on any atom is -0.451 e. The van der Waals surface area contributed by atoms with Crippen LogP contribution in [0, 0.1) is 12.7 Å². The largest absolute Gasteiger partial charge is 0.451 e. The van der Waals surface area contributed by atoms with Gasteiger partial charge in [0.15, 0.2) is 11.6 Å². The lowest BCUT2D eigenvalue weighted by atomic mass is 9.86. The summed E-state index contributed by atoms with van der Waals surface area (Å²) in [5.41, 5.74) is 2.94. The molecule has 2 aromatic rings. The van der Waals surface area contributed by atoms with Crippen molar-refractivity contribution >= 4 is 17.6 Å². The number of carbonyl (C=O) groups excluding carboxylic acids is 1. The number of hydrogen-bond donors (Lipinski definition) is 2. The lowest BCUT2D eigenvalue weighted by Gasteiger charge is -2.38. The smallest absolute Gasteiger partial charge is 0.411 e. The number of anilines is 1. The van der Waals surface area contributed by atoms with Crippen LogP contribution in [-0.4, -0.2) is 40.8 Å². The van der Waals surface area contributed by atoms with Crippen molar-refractivity contribution in [1.82, 2.24) is 9.97 Å². The monoisotopic (exact) mass is 429 g/mol. The second-order valence-corrected chi connectivity index (χ2v) is 6.65. The molecule has 1 aromatic heterocycles. The number of hydrogen-bond acceptors (Lipinski definition) is 6. The number of rotatable bonds is 4. The molecule has 0 spiro atoms. The summed E-state index contributed by atoms with van der Waals surface area (Å²) in [6.45, 7) is 0.165. The molecule has 1 aliphatic rings. The zero-order valence-electron chi connectivity index (χ0n) is 15.5. The van der Waals surface area contributed by atoms with Crippen molar-refractivity contribution in [2.75, 3.05) is 12.0 Å². The Morgan fingerprint density at radius 1 is 1.33 bits per heavy atom. The molecule has 160 valence electrons. The van der Waals surface area contributed by atoms with Gasteiger partial charge in [0, 0.05) is 23.9 Å². The van der Waals surface area contributed by atoms with Gasteiger partial charge < -0.3 is 15.8 Å². The average Bonchev–Trinajstić information content (AvgIpc) is 2.68. The van der Waals surface area contributed by atoms with Crippen molar-refractivity contribution in [1.29, 1.82) is 0 Å². The topological polar surface area (TPSA) is 102 Å². The Morgan fingerprint density at radius 2 is 2.07 bits per heavy atom. The van der Waals surface area contributed by atoms with Gasteiger partial charge in [-0.25, -0.2) is 18.8 Å². The second-order valence-electron chi connectivity index (χ2n) is 6.65. The minimum absolute atomic E-state index is 0.0140. The summed E-state index contributed by atoms with van der Waals surface area (Å²) in [6, 6.07) is -0.268. The van der Waals surface area contributed by atoms with Crippen LogP contribution in [0.1, 0.15) is 28.2 Å². The number of benzene rings is 1. The van der Waals surface area contributed by atoms with Gasteiger partial charge in [0.05, 0.1) is 11.9 Å². The molecule has 7 nitrogen and oxygen atoms in total. The van der Waals surface area contributed by atoms with Crippen LogP contribution in [0.15, 0.2) is 35.6 Å². The number of carbonyl (C=O) groups is 1. The van der Waals surface area contributed by atoms with Gasteiger partial charge in [-0.1, -0.05) is 0 Å². The van der Waals surface area contributed by atoms with Crippen molar-refractivity contribution in [3.05, 3.63) is 53.4 Å². The average molecular weight is 429 g/mol. The fraction of sp³-hybridized carbons (Fsp3) is 0.333. The van der Waals surface area contributed by atoms with Crippen molar-refractivity contribution in [2.24, 2.45) is 10.7 Å². The normalized spacial score (nSPS) is 21.5. The van der Waals surface area contributed by atoms with E-state index in [0.29, 0.717) is 5.69 Å². The first-order valence-electron chi connectivity index (χ1n) is 8.59. The minimum atomic E-state index is -4.83. The molecule has 0 aliphatic carbocycles. The number of nitrogens with two attached hydrogens (primary N) is 1. The highest BCUT2D eigenvalue weighted by atomic mass is 19.4. The van der Waals surface area contributed by atoms with Crippen LogP contribution in [0.25, 0.3) is 0 Å². The summed E-state index contributed by atoms with van der Waals surface area (Å²) in [4.78, 5) is 23.2. The lowest BCUT2D eigenvalue weighted by molar-refractivity contribution is -0.167. The number of nitrogens with one attached hydrogen (secondary N) is 1. The molecule has 30 heavy (non-hydrogen) atoms. The number of nitrogens with zero attached hydrogens (tertiary/aromatic N) is 3. The van der Waals surface area contributed by atoms with E-state index in [9.17, 15) is 26.7 Å². The fourth-order valence-corrected chi connectivity index (χ4v) is 2.94. The summed E-state index contributed by atoms with van der Waals surface area (Å²) in [6.07, 6.45) is -3.28. The van der Waals surface area contributed by atoms with Crippen molar-refractivity contribution in [2.45, 2.75) is 31.2 Å². The number of aryl methyl sites for hydroxylation is 1. The van der Waals surface area contributed by atoms with Gasteiger partial charge in [0.25, 0.3) is 11.9 Å². The van der Waals surface area contributed by atoms with E-state index in [1.54, 1.807) is 6.92 Å². The molecular weight excluding hydrogens is 413 g/mol. The zero-order valence-corrected chi connectivity index (χ0v) is 15.5. The molecule has 3 rings (SSSR count). The second kappa shape index (κ2) is 7.84. The molecule has 1 aromatic carbocycles. The van der Waals surface area contributed by atoms with Gasteiger partial charge >= 0.3 is 6.18 Å². The van der Waals surface area contributed by atoms with Gasteiger partial charge in [-0.2, -0.15) is 13.2 Å². The van der Waals surface area contributed by atoms with Crippen LogP contribution in [0.3, 0.4) is 0 Å². The van der Waals surface area contributed by atoms with Crippen LogP contribution < -0.4 is 11.1 Å². The SMILES string of the molecule is Cc1cnc(C(=O)Nc2ccc(F)c([C@]3(CF)C[C@@H](C(F)(F)F)N=C(N)O3)c2)cn1. The summed E-state index contributed by atoms with van der Waals surface area (Å²) in [5, 5.41) is 2.41. The Bertz CT molecular complexity index is 980. The Kier molecular flexibility index (Phi) is 5.59. The Morgan fingerprint density at radius 3 is 2.67 bits per heavy atom. The third-order valence-corrected chi connectivity index (χ3v) is 4.43. The maximum Gasteiger partial charge on any atom is 0.411 e. The Balaban J connectivity index is 1.94. The van der Waals surface area contributed by atoms with Crippen LogP contribution in [-0.2, 0) is 10.3 Å². The number of amides is 1. The molecule has 0 fully saturated rings. The van der Waals surface area contributed by atoms with Crippen molar-refractivity contribution in [3.8, 4) is 0 Å². The first kappa shape index (κ1) is 21.4. The van der Waals surface area contributed by atoms with Crippen LogP contribution in [0.4, 0.5) is 27.6 Å². The van der Waals surface area contributed by atoms with Crippen molar-refractivity contribution < 1.29 is 31.5 Å². The van der Waals surface area contributed by atoms with E-state index in [2.05, 4.69) is 20.3 Å². The molecule has 0 saturated heterocycles. The van der Waals surface area contributed by atoms with Gasteiger partial charge in [0.2, 0.25) is 0 Å². The number of aromatic nitrogens is 2. The molecule has 2 heterocycles. The number of halogens is 5. The first-order chi connectivity index (χ1) is 14.0. The zero-order chi connectivity index (χ0) is 22.1. The molecule has 3 N–H and O–H groups in total. The predicted molar refractivity (Wildman–Crippen MR) is 95.9 cm³/mol. The Labute approximate surface area is 167 Å². The highest BCUT2D eigenvalue weighted by Crippen LogP contribution is 2.42. The van der Waals surface area contributed by atoms with E-state index in [-0.39, 0.29) is 11.4 Å². The quantitative estimate of drug-likeness (QED) is 0.728. The van der Waals surface area contributed by atoms with Crippen LogP contribution in [0.5, 0.6) is 0 Å². The summed E-state index contributed by atoms with van der Waals surface area (Å²) in [5.74, 6) is -1.73. The first-order valence-corrected chi connectivity index (χ1v) is 8.59. The van der Waals surface area contributed by atoms with E-state index >= 15 is 0 Å². The Hall–Kier alpha value is -3.31. The molecule has 0 bridgehead atoms. The third kappa shape index (κ3) is 4.31. The van der Waals surface area contributed by atoms with E-state index < -0.39 is 54.2 Å². The van der Waals surface area contributed by atoms with Crippen molar-refractivity contribution in [3.63, 3.8) is 0 Å². The summed E-state index contributed by atoms with van der Waals surface area (Å²) >= 11 is 0. The van der Waals surface area contributed by atoms with Gasteiger partial charge in [0.1, 0.15) is 18.2 Å².